The Hall–Kier alpha value is -5.14. The molecule has 1 N–H and O–H groups in total. The molecule has 4 aromatic rings. The lowest BCUT2D eigenvalue weighted by Crippen LogP contribution is -2.26. The summed E-state index contributed by atoms with van der Waals surface area (Å²) in [6.45, 7) is 10.3. The van der Waals surface area contributed by atoms with E-state index < -0.39 is 5.97 Å². The van der Waals surface area contributed by atoms with E-state index in [-0.39, 0.29) is 6.10 Å². The van der Waals surface area contributed by atoms with E-state index in [0.717, 1.165) is 60.5 Å². The average molecular weight is 815 g/mol. The van der Waals surface area contributed by atoms with Crippen molar-refractivity contribution >= 4 is 52.2 Å². The van der Waals surface area contributed by atoms with Gasteiger partial charge >= 0.3 is 5.97 Å². The smallest absolute Gasteiger partial charge is 0.330 e. The van der Waals surface area contributed by atoms with Gasteiger partial charge in [0, 0.05) is 60.1 Å². The molecule has 12 heteroatoms. The number of methoxy groups -OCH3 is 2. The summed E-state index contributed by atoms with van der Waals surface area (Å²) >= 11 is 0. The fraction of sp³-hybridized carbons (Fsp3) is 0.289. The second kappa shape index (κ2) is 29.1. The molecule has 5 rings (SSSR count). The van der Waals surface area contributed by atoms with E-state index in [4.69, 9.17) is 33.9 Å². The van der Waals surface area contributed by atoms with E-state index in [1.54, 1.807) is 49.5 Å². The second-order valence-electron chi connectivity index (χ2n) is 12.0. The molecule has 0 bridgehead atoms. The Bertz CT molecular complexity index is 1800. The van der Waals surface area contributed by atoms with Gasteiger partial charge in [0.2, 0.25) is 0 Å². The molecule has 304 valence electrons. The Morgan fingerprint density at radius 2 is 1.58 bits per heavy atom. The number of allylic oxidation sites excluding steroid dienone is 1. The number of carbonyl (C=O) groups excluding carboxylic acids is 3. The zero-order chi connectivity index (χ0) is 41.7. The number of rotatable bonds is 19. The molecule has 0 saturated heterocycles. The van der Waals surface area contributed by atoms with Crippen LogP contribution < -0.4 is 13.8 Å². The van der Waals surface area contributed by atoms with Gasteiger partial charge < -0.3 is 33.4 Å². The molecule has 4 aromatic carbocycles. The third-order valence-electron chi connectivity index (χ3n) is 7.94. The van der Waals surface area contributed by atoms with Crippen LogP contribution in [-0.2, 0) is 30.2 Å². The zero-order valence-corrected chi connectivity index (χ0v) is 34.9. The summed E-state index contributed by atoms with van der Waals surface area (Å²) in [6.07, 6.45) is 8.74. The highest BCUT2D eigenvalue weighted by Crippen LogP contribution is 2.48. The number of nitrogens with zero attached hydrogens (tertiary/aromatic N) is 1. The normalized spacial score (nSPS) is 11.3. The first-order valence-electron chi connectivity index (χ1n) is 18.4. The van der Waals surface area contributed by atoms with Crippen LogP contribution in [0.2, 0.25) is 0 Å². The Balaban J connectivity index is 0.000000299. The summed E-state index contributed by atoms with van der Waals surface area (Å²) in [5.74, 6) is 1.05. The molecule has 1 aliphatic rings. The van der Waals surface area contributed by atoms with Gasteiger partial charge in [-0.25, -0.2) is 4.79 Å². The summed E-state index contributed by atoms with van der Waals surface area (Å²) in [6, 6.07) is 29.7. The highest BCUT2D eigenvalue weighted by Gasteiger charge is 2.15. The van der Waals surface area contributed by atoms with E-state index in [0.29, 0.717) is 44.0 Å². The first-order valence-corrected chi connectivity index (χ1v) is 20.5. The fourth-order valence-corrected chi connectivity index (χ4v) is 7.04. The molecule has 0 aromatic heterocycles. The minimum absolute atomic E-state index is 0.186. The highest BCUT2D eigenvalue weighted by atomic mass is 33.1. The number of nitrogens with one attached hydrogen (secondary N) is 1. The third-order valence-corrected chi connectivity index (χ3v) is 10.4. The number of hydrogen-bond donors (Lipinski definition) is 1. The number of unbranched alkanes of at least 4 members (excludes halogenated alkanes) is 1. The molecule has 1 aliphatic heterocycles. The van der Waals surface area contributed by atoms with Gasteiger partial charge in [-0.15, -0.1) is 0 Å². The predicted molar refractivity (Wildman–Crippen MR) is 234 cm³/mol. The van der Waals surface area contributed by atoms with E-state index in [2.05, 4.69) is 80.0 Å². The molecule has 57 heavy (non-hydrogen) atoms. The quantitative estimate of drug-likeness (QED) is 0.0185. The highest BCUT2D eigenvalue weighted by molar-refractivity contribution is 8.77. The van der Waals surface area contributed by atoms with Crippen molar-refractivity contribution < 1.29 is 38.1 Å². The Morgan fingerprint density at radius 3 is 2.18 bits per heavy atom. The van der Waals surface area contributed by atoms with Gasteiger partial charge in [0.1, 0.15) is 36.8 Å². The van der Waals surface area contributed by atoms with Crippen molar-refractivity contribution in [2.75, 3.05) is 52.0 Å². The van der Waals surface area contributed by atoms with Crippen molar-refractivity contribution in [2.45, 2.75) is 43.6 Å². The first-order chi connectivity index (χ1) is 27.8. The summed E-state index contributed by atoms with van der Waals surface area (Å²) in [7, 11) is 8.92. The maximum Gasteiger partial charge on any atom is 0.330 e. The number of benzene rings is 4. The minimum atomic E-state index is -0.409. The Labute approximate surface area is 345 Å². The number of fused-ring (bicyclic) bond motifs is 1. The molecule has 1 heterocycles. The van der Waals surface area contributed by atoms with E-state index in [1.165, 1.54) is 28.4 Å². The van der Waals surface area contributed by atoms with Crippen molar-refractivity contribution in [2.24, 2.45) is 0 Å². The Kier molecular flexibility index (Phi) is 24.6. The molecule has 0 fully saturated rings. The Morgan fingerprint density at radius 1 is 0.895 bits per heavy atom. The monoisotopic (exact) mass is 814 g/mol. The lowest BCUT2D eigenvalue weighted by atomic mass is 9.98. The van der Waals surface area contributed by atoms with Crippen molar-refractivity contribution in [3.8, 4) is 22.6 Å². The summed E-state index contributed by atoms with van der Waals surface area (Å²) in [4.78, 5) is 31.8. The minimum Gasteiger partial charge on any atom is -0.497 e. The fourth-order valence-electron chi connectivity index (χ4n) is 4.88. The van der Waals surface area contributed by atoms with Gasteiger partial charge in [0.15, 0.2) is 0 Å². The van der Waals surface area contributed by atoms with Crippen molar-refractivity contribution in [1.82, 2.24) is 0 Å². The average Bonchev–Trinajstić information content (AvgIpc) is 3.65. The van der Waals surface area contributed by atoms with Gasteiger partial charge in [0.05, 0.1) is 26.0 Å². The van der Waals surface area contributed by atoms with Gasteiger partial charge in [0.25, 0.3) is 0 Å². The van der Waals surface area contributed by atoms with Crippen LogP contribution in [0.3, 0.4) is 0 Å². The SMILES string of the molecule is C=CC(=O)OCCCCOCC(COc1ccc(C=O)cc1)OC.C=CC=O.CCCc1ccc(-c2ccc(OC)cc2C=N)cc1.CN1SSc2ccccc21. The maximum atomic E-state index is 10.8. The topological polar surface area (TPSA) is 124 Å². The van der Waals surface area contributed by atoms with Crippen molar-refractivity contribution in [3.63, 3.8) is 0 Å². The number of carbonyl (C=O) groups is 3. The number of aldehydes is 2. The molecule has 0 aliphatic carbocycles. The molecule has 0 saturated carbocycles. The van der Waals surface area contributed by atoms with E-state index >= 15 is 0 Å². The van der Waals surface area contributed by atoms with E-state index in [9.17, 15) is 9.59 Å². The molecule has 1 unspecified atom stereocenters. The van der Waals surface area contributed by atoms with Gasteiger partial charge in [-0.1, -0.05) is 69.0 Å². The molecular formula is C45H54N2O8S2. The third kappa shape index (κ3) is 18.6. The molecule has 1 atom stereocenters. The number of ether oxygens (including phenoxy) is 5. The standard InChI is InChI=1S/C18H24O6.C17H19NO.C7H7NS2.C3H4O/c1-3-18(20)23-11-5-4-10-22-13-17(21-2)14-24-16-8-6-15(12-19)7-9-16;1-3-4-13-5-7-14(8-6-13)17-10-9-16(19-2)11-15(17)12-18;1-8-6-4-2-3-5-7(6)9-10-8;1-2-3-4/h3,6-9,12,17H,1,4-5,10-11,13-14H2,2H3;5-12,18H,3-4H2,1-2H3;2-5H,1H3;2-3H,1H2. The molecular weight excluding hydrogens is 761 g/mol. The van der Waals surface area contributed by atoms with Crippen LogP contribution in [0.5, 0.6) is 11.5 Å². The van der Waals surface area contributed by atoms with Crippen LogP contribution >= 0.6 is 21.8 Å². The lowest BCUT2D eigenvalue weighted by Gasteiger charge is -2.16. The predicted octanol–water partition coefficient (Wildman–Crippen LogP) is 9.89. The van der Waals surface area contributed by atoms with Gasteiger partial charge in [-0.3, -0.25) is 9.59 Å². The number of anilines is 1. The van der Waals surface area contributed by atoms with Crippen LogP contribution in [0.25, 0.3) is 11.1 Å². The van der Waals surface area contributed by atoms with Crippen molar-refractivity contribution in [1.29, 1.82) is 5.41 Å². The summed E-state index contributed by atoms with van der Waals surface area (Å²) in [5, 5.41) is 7.53. The first kappa shape index (κ1) is 48.0. The van der Waals surface area contributed by atoms with Crippen LogP contribution in [0, 0.1) is 5.41 Å². The second-order valence-corrected chi connectivity index (χ2v) is 14.3. The van der Waals surface area contributed by atoms with Gasteiger partial charge in [-0.05, 0) is 101 Å². The maximum absolute atomic E-state index is 10.8. The number of para-hydroxylation sites is 1. The number of esters is 1. The summed E-state index contributed by atoms with van der Waals surface area (Å²) in [5.41, 5.74) is 6.38. The molecule has 10 nitrogen and oxygen atoms in total. The van der Waals surface area contributed by atoms with Gasteiger partial charge in [-0.2, -0.15) is 0 Å². The molecule has 0 amide bonds. The van der Waals surface area contributed by atoms with Crippen LogP contribution in [0.1, 0.15) is 47.7 Å². The van der Waals surface area contributed by atoms with Crippen molar-refractivity contribution in [3.05, 3.63) is 133 Å². The molecule has 0 spiro atoms. The lowest BCUT2D eigenvalue weighted by molar-refractivity contribution is -0.137. The van der Waals surface area contributed by atoms with Crippen LogP contribution in [0.4, 0.5) is 5.69 Å². The molecule has 0 radical (unpaired) electrons. The van der Waals surface area contributed by atoms with E-state index in [1.807, 2.05) is 29.0 Å². The zero-order valence-electron chi connectivity index (χ0n) is 33.2. The van der Waals surface area contributed by atoms with Crippen LogP contribution in [0.15, 0.2) is 121 Å². The largest absolute Gasteiger partial charge is 0.497 e. The summed E-state index contributed by atoms with van der Waals surface area (Å²) < 4.78 is 28.7. The number of aryl methyl sites for hydroxylation is 1. The van der Waals surface area contributed by atoms with Crippen LogP contribution in [-0.4, -0.2) is 78.6 Å². The number of hydrogen-bond acceptors (Lipinski definition) is 12.